The van der Waals surface area contributed by atoms with Gasteiger partial charge in [0.15, 0.2) is 0 Å². The highest BCUT2D eigenvalue weighted by Gasteiger charge is 1.96. The third kappa shape index (κ3) is 5.53. The molecular weight excluding hydrogens is 132 g/mol. The van der Waals surface area contributed by atoms with Crippen LogP contribution < -0.4 is 11.2 Å². The summed E-state index contributed by atoms with van der Waals surface area (Å²) in [5, 5.41) is 8.07. The summed E-state index contributed by atoms with van der Waals surface area (Å²) in [5.41, 5.74) is 6.80. The molecule has 10 heavy (non-hydrogen) atoms. The van der Waals surface area contributed by atoms with Gasteiger partial charge in [-0.2, -0.15) is 0 Å². The van der Waals surface area contributed by atoms with E-state index < -0.39 is 0 Å². The van der Waals surface area contributed by atoms with E-state index in [9.17, 15) is 4.79 Å². The maximum atomic E-state index is 10.4. The molecule has 4 N–H and O–H groups in total. The van der Waals surface area contributed by atoms with Gasteiger partial charge >= 0.3 is 0 Å². The van der Waals surface area contributed by atoms with Gasteiger partial charge in [-0.3, -0.25) is 10.0 Å². The average Bonchev–Trinajstić information content (AvgIpc) is 1.98. The summed E-state index contributed by atoms with van der Waals surface area (Å²) in [5.74, 6) is -0.322. The smallest absolute Gasteiger partial charge is 0.243 e. The van der Waals surface area contributed by atoms with Crippen LogP contribution in [0.3, 0.4) is 0 Å². The first kappa shape index (κ1) is 9.39. The van der Waals surface area contributed by atoms with Crippen LogP contribution in [-0.4, -0.2) is 17.7 Å². The fraction of sp³-hybridized carbons (Fsp3) is 0.833. The summed E-state index contributed by atoms with van der Waals surface area (Å²) < 4.78 is 0. The summed E-state index contributed by atoms with van der Waals surface area (Å²) in [4.78, 5) is 10.4. The third-order valence-corrected chi connectivity index (χ3v) is 1.23. The Morgan fingerprint density at radius 2 is 2.10 bits per heavy atom. The number of amides is 1. The van der Waals surface area contributed by atoms with Crippen LogP contribution >= 0.6 is 0 Å². The van der Waals surface area contributed by atoms with E-state index in [2.05, 4.69) is 0 Å². The quantitative estimate of drug-likeness (QED) is 0.290. The fourth-order valence-corrected chi connectivity index (χ4v) is 0.663. The van der Waals surface area contributed by atoms with Gasteiger partial charge in [0.25, 0.3) is 0 Å². The summed E-state index contributed by atoms with van der Waals surface area (Å²) in [6.45, 7) is 0.667. The Morgan fingerprint density at radius 3 is 2.60 bits per heavy atom. The normalized spacial score (nSPS) is 9.40. The molecule has 0 unspecified atom stereocenters. The van der Waals surface area contributed by atoms with Gasteiger partial charge in [-0.05, 0) is 19.4 Å². The van der Waals surface area contributed by atoms with Crippen LogP contribution in [0.4, 0.5) is 0 Å². The molecular formula is C6H14N2O2. The molecule has 0 radical (unpaired) electrons. The highest BCUT2D eigenvalue weighted by molar-refractivity contribution is 5.74. The Hall–Kier alpha value is -0.610. The van der Waals surface area contributed by atoms with Gasteiger partial charge in [-0.25, -0.2) is 5.48 Å². The van der Waals surface area contributed by atoms with Crippen molar-refractivity contribution < 1.29 is 10.0 Å². The predicted octanol–water partition coefficient (Wildman–Crippen LogP) is 0.0109. The van der Waals surface area contributed by atoms with Gasteiger partial charge in [-0.1, -0.05) is 6.42 Å². The standard InChI is InChI=1S/C6H14N2O2/c7-5-3-1-2-4-6(9)8-10/h10H,1-5,7H2,(H,8,9). The predicted molar refractivity (Wildman–Crippen MR) is 37.5 cm³/mol. The minimum absolute atomic E-state index is 0.322. The summed E-state index contributed by atoms with van der Waals surface area (Å²) in [6, 6.07) is 0. The number of hydrogen-bond donors (Lipinski definition) is 3. The molecule has 0 heterocycles. The van der Waals surface area contributed by atoms with E-state index in [4.69, 9.17) is 10.9 Å². The second-order valence-electron chi connectivity index (χ2n) is 2.13. The highest BCUT2D eigenvalue weighted by atomic mass is 16.5. The molecule has 0 rings (SSSR count). The summed E-state index contributed by atoms with van der Waals surface area (Å²) in [7, 11) is 0. The van der Waals surface area contributed by atoms with Crippen molar-refractivity contribution >= 4 is 5.91 Å². The van der Waals surface area contributed by atoms with Crippen molar-refractivity contribution in [3.05, 3.63) is 0 Å². The lowest BCUT2D eigenvalue weighted by Crippen LogP contribution is -2.17. The van der Waals surface area contributed by atoms with E-state index in [1.54, 1.807) is 5.48 Å². The number of unbranched alkanes of at least 4 members (excludes halogenated alkanes) is 2. The van der Waals surface area contributed by atoms with Gasteiger partial charge in [0.1, 0.15) is 0 Å². The van der Waals surface area contributed by atoms with E-state index in [-0.39, 0.29) is 5.91 Å². The van der Waals surface area contributed by atoms with Gasteiger partial charge < -0.3 is 5.73 Å². The lowest BCUT2D eigenvalue weighted by atomic mass is 10.2. The van der Waals surface area contributed by atoms with E-state index >= 15 is 0 Å². The van der Waals surface area contributed by atoms with Crippen molar-refractivity contribution in [1.29, 1.82) is 0 Å². The van der Waals surface area contributed by atoms with E-state index in [1.165, 1.54) is 0 Å². The Morgan fingerprint density at radius 1 is 1.40 bits per heavy atom. The molecule has 0 aliphatic rings. The van der Waals surface area contributed by atoms with Gasteiger partial charge in [0.05, 0.1) is 0 Å². The second-order valence-corrected chi connectivity index (χ2v) is 2.13. The van der Waals surface area contributed by atoms with Crippen LogP contribution in [0.2, 0.25) is 0 Å². The van der Waals surface area contributed by atoms with Crippen LogP contribution in [0.5, 0.6) is 0 Å². The molecule has 0 aliphatic heterocycles. The minimum atomic E-state index is -0.322. The van der Waals surface area contributed by atoms with Crippen LogP contribution in [0.25, 0.3) is 0 Å². The molecule has 4 nitrogen and oxygen atoms in total. The van der Waals surface area contributed by atoms with E-state index in [0.717, 1.165) is 19.3 Å². The molecule has 0 aromatic rings. The highest BCUT2D eigenvalue weighted by Crippen LogP contribution is 1.97. The Bertz CT molecular complexity index is 95.7. The van der Waals surface area contributed by atoms with Crippen LogP contribution in [0, 0.1) is 0 Å². The second kappa shape index (κ2) is 6.51. The zero-order chi connectivity index (χ0) is 7.82. The number of nitrogens with two attached hydrogens (primary N) is 1. The molecule has 0 fully saturated rings. The molecule has 4 heteroatoms. The molecule has 0 bridgehead atoms. The van der Waals surface area contributed by atoms with Crippen LogP contribution in [0.1, 0.15) is 25.7 Å². The Kier molecular flexibility index (Phi) is 6.11. The number of rotatable bonds is 5. The fourth-order valence-electron chi connectivity index (χ4n) is 0.663. The molecule has 0 atom stereocenters. The summed E-state index contributed by atoms with van der Waals surface area (Å²) >= 11 is 0. The van der Waals surface area contributed by atoms with Gasteiger partial charge in [-0.15, -0.1) is 0 Å². The average molecular weight is 146 g/mol. The monoisotopic (exact) mass is 146 g/mol. The topological polar surface area (TPSA) is 75.4 Å². The third-order valence-electron chi connectivity index (χ3n) is 1.23. The SMILES string of the molecule is NCCCCCC(=O)NO. The van der Waals surface area contributed by atoms with Crippen LogP contribution in [0.15, 0.2) is 0 Å². The van der Waals surface area contributed by atoms with Crippen LogP contribution in [-0.2, 0) is 4.79 Å². The van der Waals surface area contributed by atoms with Crippen molar-refractivity contribution in [2.45, 2.75) is 25.7 Å². The van der Waals surface area contributed by atoms with Crippen molar-refractivity contribution in [1.82, 2.24) is 5.48 Å². The lowest BCUT2D eigenvalue weighted by molar-refractivity contribution is -0.129. The number of carbonyl (C=O) groups is 1. The maximum Gasteiger partial charge on any atom is 0.243 e. The number of hydroxylamine groups is 1. The van der Waals surface area contributed by atoms with Gasteiger partial charge in [0.2, 0.25) is 5.91 Å². The van der Waals surface area contributed by atoms with Crippen molar-refractivity contribution in [3.8, 4) is 0 Å². The first-order valence-corrected chi connectivity index (χ1v) is 3.44. The first-order chi connectivity index (χ1) is 4.81. The molecule has 0 saturated heterocycles. The van der Waals surface area contributed by atoms with Gasteiger partial charge in [0, 0.05) is 6.42 Å². The largest absolute Gasteiger partial charge is 0.330 e. The van der Waals surface area contributed by atoms with Crippen molar-refractivity contribution in [2.24, 2.45) is 5.73 Å². The Balaban J connectivity index is 2.96. The number of carbonyl (C=O) groups excluding carboxylic acids is 1. The van der Waals surface area contributed by atoms with Crippen molar-refractivity contribution in [3.63, 3.8) is 0 Å². The Labute approximate surface area is 60.4 Å². The minimum Gasteiger partial charge on any atom is -0.330 e. The maximum absolute atomic E-state index is 10.4. The zero-order valence-corrected chi connectivity index (χ0v) is 5.97. The molecule has 60 valence electrons. The number of hydrogen-bond acceptors (Lipinski definition) is 3. The molecule has 1 amide bonds. The summed E-state index contributed by atoms with van der Waals surface area (Å²) in [6.07, 6.45) is 3.07. The molecule has 0 aliphatic carbocycles. The first-order valence-electron chi connectivity index (χ1n) is 3.44. The lowest BCUT2D eigenvalue weighted by Gasteiger charge is -1.96. The molecule has 0 saturated carbocycles. The van der Waals surface area contributed by atoms with E-state index in [1.807, 2.05) is 0 Å². The number of nitrogens with one attached hydrogen (secondary N) is 1. The van der Waals surface area contributed by atoms with E-state index in [0.29, 0.717) is 13.0 Å². The molecule has 0 spiro atoms. The molecule has 0 aromatic carbocycles. The molecule has 0 aromatic heterocycles. The van der Waals surface area contributed by atoms with Crippen molar-refractivity contribution in [2.75, 3.05) is 6.54 Å². The zero-order valence-electron chi connectivity index (χ0n) is 5.97.